The highest BCUT2D eigenvalue weighted by molar-refractivity contribution is 5.48. The second kappa shape index (κ2) is 3.39. The standard InChI is InChI=1S/C9H14N2/c1-2-7-3-4-9(11)8(5-7)6-10/h3-5H,2,6,10-11H2,1H3. The van der Waals surface area contributed by atoms with Crippen molar-refractivity contribution in [3.63, 3.8) is 0 Å². The molecule has 0 amide bonds. The molecule has 2 heteroatoms. The molecular formula is C9H14N2. The maximum absolute atomic E-state index is 5.67. The highest BCUT2D eigenvalue weighted by Gasteiger charge is 1.96. The minimum atomic E-state index is 0.527. The number of nitrogen functional groups attached to an aromatic ring is 1. The van der Waals surface area contributed by atoms with Crippen molar-refractivity contribution in [2.75, 3.05) is 5.73 Å². The third-order valence-electron chi connectivity index (χ3n) is 1.84. The lowest BCUT2D eigenvalue weighted by atomic mass is 10.1. The molecule has 0 atom stereocenters. The molecule has 0 fully saturated rings. The van der Waals surface area contributed by atoms with Crippen molar-refractivity contribution in [3.8, 4) is 0 Å². The second-order valence-electron chi connectivity index (χ2n) is 2.59. The predicted molar refractivity (Wildman–Crippen MR) is 48.1 cm³/mol. The highest BCUT2D eigenvalue weighted by atomic mass is 14.6. The molecule has 1 aromatic rings. The summed E-state index contributed by atoms with van der Waals surface area (Å²) in [6.45, 7) is 2.64. The molecule has 11 heavy (non-hydrogen) atoms. The van der Waals surface area contributed by atoms with Crippen LogP contribution in [-0.2, 0) is 13.0 Å². The number of benzene rings is 1. The molecule has 0 spiro atoms. The molecule has 60 valence electrons. The fraction of sp³-hybridized carbons (Fsp3) is 0.333. The molecule has 0 aromatic heterocycles. The van der Waals surface area contributed by atoms with Crippen molar-refractivity contribution in [2.45, 2.75) is 19.9 Å². The zero-order valence-corrected chi connectivity index (χ0v) is 6.80. The Morgan fingerprint density at radius 1 is 1.36 bits per heavy atom. The van der Waals surface area contributed by atoms with Crippen LogP contribution >= 0.6 is 0 Å². The number of nitrogens with two attached hydrogens (primary N) is 2. The Morgan fingerprint density at radius 3 is 2.64 bits per heavy atom. The molecule has 0 saturated carbocycles. The van der Waals surface area contributed by atoms with Gasteiger partial charge in [0.2, 0.25) is 0 Å². The molecular weight excluding hydrogens is 136 g/mol. The molecule has 0 unspecified atom stereocenters. The fourth-order valence-corrected chi connectivity index (χ4v) is 1.06. The van der Waals surface area contributed by atoms with E-state index in [-0.39, 0.29) is 0 Å². The number of anilines is 1. The van der Waals surface area contributed by atoms with E-state index in [1.54, 1.807) is 0 Å². The lowest BCUT2D eigenvalue weighted by molar-refractivity contribution is 1.05. The lowest BCUT2D eigenvalue weighted by Crippen LogP contribution is -2.01. The molecule has 0 aliphatic rings. The zero-order valence-electron chi connectivity index (χ0n) is 6.80. The Balaban J connectivity index is 3.02. The van der Waals surface area contributed by atoms with Gasteiger partial charge in [0.1, 0.15) is 0 Å². The van der Waals surface area contributed by atoms with E-state index in [4.69, 9.17) is 11.5 Å². The minimum absolute atomic E-state index is 0.527. The summed E-state index contributed by atoms with van der Waals surface area (Å²) in [6.07, 6.45) is 1.03. The van der Waals surface area contributed by atoms with E-state index in [2.05, 4.69) is 13.0 Å². The maximum atomic E-state index is 5.67. The summed E-state index contributed by atoms with van der Waals surface area (Å²) in [5.74, 6) is 0. The first-order chi connectivity index (χ1) is 5.27. The van der Waals surface area contributed by atoms with Gasteiger partial charge in [-0.1, -0.05) is 19.1 Å². The van der Waals surface area contributed by atoms with Crippen LogP contribution in [0.4, 0.5) is 5.69 Å². The summed E-state index contributed by atoms with van der Waals surface area (Å²) in [6, 6.07) is 6.02. The minimum Gasteiger partial charge on any atom is -0.398 e. The van der Waals surface area contributed by atoms with E-state index in [9.17, 15) is 0 Å². The molecule has 0 saturated heterocycles. The first kappa shape index (κ1) is 8.08. The van der Waals surface area contributed by atoms with E-state index in [0.717, 1.165) is 17.7 Å². The first-order valence-electron chi connectivity index (χ1n) is 3.85. The number of hydrogen-bond acceptors (Lipinski definition) is 2. The first-order valence-corrected chi connectivity index (χ1v) is 3.85. The predicted octanol–water partition coefficient (Wildman–Crippen LogP) is 1.29. The summed E-state index contributed by atoms with van der Waals surface area (Å²) in [5.41, 5.74) is 14.3. The zero-order chi connectivity index (χ0) is 8.27. The average molecular weight is 150 g/mol. The van der Waals surface area contributed by atoms with E-state index >= 15 is 0 Å². The summed E-state index contributed by atoms with van der Waals surface area (Å²) >= 11 is 0. The summed E-state index contributed by atoms with van der Waals surface area (Å²) < 4.78 is 0. The van der Waals surface area contributed by atoms with Gasteiger partial charge in [-0.05, 0) is 23.6 Å². The quantitative estimate of drug-likeness (QED) is 0.624. The Labute approximate surface area is 67.2 Å². The van der Waals surface area contributed by atoms with Gasteiger partial charge in [0.05, 0.1) is 0 Å². The number of aryl methyl sites for hydroxylation is 1. The van der Waals surface area contributed by atoms with Crippen molar-refractivity contribution >= 4 is 5.69 Å². The van der Waals surface area contributed by atoms with Crippen LogP contribution in [0.25, 0.3) is 0 Å². The van der Waals surface area contributed by atoms with Crippen molar-refractivity contribution in [2.24, 2.45) is 5.73 Å². The normalized spacial score (nSPS) is 10.0. The van der Waals surface area contributed by atoms with E-state index in [1.807, 2.05) is 12.1 Å². The van der Waals surface area contributed by atoms with Crippen molar-refractivity contribution in [1.29, 1.82) is 0 Å². The van der Waals surface area contributed by atoms with Gasteiger partial charge < -0.3 is 11.5 Å². The third kappa shape index (κ3) is 1.71. The molecule has 0 aliphatic carbocycles. The van der Waals surface area contributed by atoms with Crippen LogP contribution in [0.1, 0.15) is 18.1 Å². The molecule has 1 rings (SSSR count). The number of hydrogen-bond donors (Lipinski definition) is 2. The van der Waals surface area contributed by atoms with Crippen LogP contribution in [-0.4, -0.2) is 0 Å². The molecule has 0 bridgehead atoms. The highest BCUT2D eigenvalue weighted by Crippen LogP contribution is 2.13. The van der Waals surface area contributed by atoms with Crippen molar-refractivity contribution in [1.82, 2.24) is 0 Å². The van der Waals surface area contributed by atoms with Gasteiger partial charge in [0, 0.05) is 12.2 Å². The molecule has 0 radical (unpaired) electrons. The molecule has 0 aliphatic heterocycles. The molecule has 2 nitrogen and oxygen atoms in total. The SMILES string of the molecule is CCc1ccc(N)c(CN)c1. The second-order valence-corrected chi connectivity index (χ2v) is 2.59. The molecule has 4 N–H and O–H groups in total. The van der Waals surface area contributed by atoms with Gasteiger partial charge >= 0.3 is 0 Å². The third-order valence-corrected chi connectivity index (χ3v) is 1.84. The summed E-state index contributed by atoms with van der Waals surface area (Å²) in [5, 5.41) is 0. The Kier molecular flexibility index (Phi) is 2.49. The van der Waals surface area contributed by atoms with E-state index in [0.29, 0.717) is 6.54 Å². The van der Waals surface area contributed by atoms with Crippen molar-refractivity contribution < 1.29 is 0 Å². The Bertz CT molecular complexity index is 243. The van der Waals surface area contributed by atoms with Gasteiger partial charge in [0.15, 0.2) is 0 Å². The van der Waals surface area contributed by atoms with Crippen LogP contribution in [0.15, 0.2) is 18.2 Å². The van der Waals surface area contributed by atoms with Gasteiger partial charge in [-0.2, -0.15) is 0 Å². The number of rotatable bonds is 2. The Hall–Kier alpha value is -1.02. The molecule has 1 aromatic carbocycles. The fourth-order valence-electron chi connectivity index (χ4n) is 1.06. The van der Waals surface area contributed by atoms with Gasteiger partial charge in [-0.25, -0.2) is 0 Å². The van der Waals surface area contributed by atoms with Crippen LogP contribution < -0.4 is 11.5 Å². The van der Waals surface area contributed by atoms with Crippen LogP contribution in [0.3, 0.4) is 0 Å². The maximum Gasteiger partial charge on any atom is 0.0359 e. The largest absolute Gasteiger partial charge is 0.398 e. The smallest absolute Gasteiger partial charge is 0.0359 e. The van der Waals surface area contributed by atoms with E-state index in [1.165, 1.54) is 5.56 Å². The molecule has 0 heterocycles. The van der Waals surface area contributed by atoms with Gasteiger partial charge in [0.25, 0.3) is 0 Å². The van der Waals surface area contributed by atoms with E-state index < -0.39 is 0 Å². The topological polar surface area (TPSA) is 52.0 Å². The lowest BCUT2D eigenvalue weighted by Gasteiger charge is -2.04. The van der Waals surface area contributed by atoms with Crippen molar-refractivity contribution in [3.05, 3.63) is 29.3 Å². The summed E-state index contributed by atoms with van der Waals surface area (Å²) in [4.78, 5) is 0. The van der Waals surface area contributed by atoms with Crippen LogP contribution in [0, 0.1) is 0 Å². The average Bonchev–Trinajstić information content (AvgIpc) is 2.05. The van der Waals surface area contributed by atoms with Gasteiger partial charge in [-0.15, -0.1) is 0 Å². The summed E-state index contributed by atoms with van der Waals surface area (Å²) in [7, 11) is 0. The monoisotopic (exact) mass is 150 g/mol. The van der Waals surface area contributed by atoms with Crippen LogP contribution in [0.2, 0.25) is 0 Å². The Morgan fingerprint density at radius 2 is 2.09 bits per heavy atom. The van der Waals surface area contributed by atoms with Crippen LogP contribution in [0.5, 0.6) is 0 Å². The van der Waals surface area contributed by atoms with Gasteiger partial charge in [-0.3, -0.25) is 0 Å².